The number of rotatable bonds is 8. The minimum atomic E-state index is -0.505. The van der Waals surface area contributed by atoms with Crippen molar-refractivity contribution in [3.63, 3.8) is 0 Å². The zero-order valence-corrected chi connectivity index (χ0v) is 16.4. The summed E-state index contributed by atoms with van der Waals surface area (Å²) in [6, 6.07) is 0. The molecular formula is C21H28N6O. The summed E-state index contributed by atoms with van der Waals surface area (Å²) >= 11 is 0. The summed E-state index contributed by atoms with van der Waals surface area (Å²) in [5.74, 6) is 0.777. The Morgan fingerprint density at radius 1 is 1.29 bits per heavy atom. The van der Waals surface area contributed by atoms with Gasteiger partial charge >= 0.3 is 0 Å². The van der Waals surface area contributed by atoms with Gasteiger partial charge in [0.25, 0.3) is 5.91 Å². The topological polar surface area (TPSA) is 89.1 Å². The molecule has 7 heteroatoms. The van der Waals surface area contributed by atoms with E-state index in [0.29, 0.717) is 17.4 Å². The van der Waals surface area contributed by atoms with Crippen LogP contribution in [0.2, 0.25) is 0 Å². The number of amides is 1. The number of nitrogens with two attached hydrogens (primary N) is 1. The van der Waals surface area contributed by atoms with E-state index < -0.39 is 5.91 Å². The summed E-state index contributed by atoms with van der Waals surface area (Å²) < 4.78 is 2.09. The van der Waals surface area contributed by atoms with Gasteiger partial charge in [-0.25, -0.2) is 9.97 Å². The fourth-order valence-corrected chi connectivity index (χ4v) is 3.72. The van der Waals surface area contributed by atoms with Crippen LogP contribution in [0.3, 0.4) is 0 Å². The van der Waals surface area contributed by atoms with Crippen LogP contribution in [-0.4, -0.2) is 40.1 Å². The Kier molecular flexibility index (Phi) is 6.26. The van der Waals surface area contributed by atoms with Gasteiger partial charge < -0.3 is 20.5 Å². The molecule has 0 radical (unpaired) electrons. The lowest BCUT2D eigenvalue weighted by Crippen LogP contribution is -2.38. The van der Waals surface area contributed by atoms with Crippen LogP contribution in [0, 0.1) is 5.92 Å². The number of carbonyl (C=O) groups is 1. The van der Waals surface area contributed by atoms with E-state index in [1.54, 1.807) is 0 Å². The summed E-state index contributed by atoms with van der Waals surface area (Å²) in [7, 11) is 2.03. The molecule has 3 N–H and O–H groups in total. The zero-order chi connectivity index (χ0) is 20.1. The Bertz CT molecular complexity index is 847. The highest BCUT2D eigenvalue weighted by atomic mass is 16.1. The van der Waals surface area contributed by atoms with E-state index in [9.17, 15) is 4.79 Å². The van der Waals surface area contributed by atoms with Crippen LogP contribution in [0.15, 0.2) is 31.7 Å². The molecule has 1 aliphatic heterocycles. The normalized spacial score (nSPS) is 14.8. The molecule has 1 aliphatic rings. The number of hydrogen-bond donors (Lipinski definition) is 2. The van der Waals surface area contributed by atoms with E-state index in [2.05, 4.69) is 44.1 Å². The molecule has 28 heavy (non-hydrogen) atoms. The van der Waals surface area contributed by atoms with Crippen LogP contribution < -0.4 is 16.0 Å². The second-order valence-electron chi connectivity index (χ2n) is 7.17. The summed E-state index contributed by atoms with van der Waals surface area (Å²) in [6.45, 7) is 11.4. The molecule has 0 aromatic carbocycles. The summed E-state index contributed by atoms with van der Waals surface area (Å²) in [6.07, 6.45) is 11.0. The molecule has 0 aliphatic carbocycles. The Labute approximate surface area is 166 Å². The Balaban J connectivity index is 1.48. The van der Waals surface area contributed by atoms with Crippen molar-refractivity contribution in [2.45, 2.75) is 19.4 Å². The number of hydrogen-bond acceptors (Lipinski definition) is 5. The van der Waals surface area contributed by atoms with Crippen molar-refractivity contribution in [1.82, 2.24) is 19.9 Å². The quantitative estimate of drug-likeness (QED) is 0.733. The molecule has 1 amide bonds. The second kappa shape index (κ2) is 8.84. The lowest BCUT2D eigenvalue weighted by molar-refractivity contribution is 0.0999. The van der Waals surface area contributed by atoms with Crippen LogP contribution >= 0.6 is 0 Å². The van der Waals surface area contributed by atoms with Crippen molar-refractivity contribution in [2.75, 3.05) is 24.5 Å². The molecule has 0 unspecified atom stereocenters. The van der Waals surface area contributed by atoms with Gasteiger partial charge in [-0.1, -0.05) is 19.2 Å². The first-order valence-electron chi connectivity index (χ1n) is 9.54. The predicted molar refractivity (Wildman–Crippen MR) is 113 cm³/mol. The molecule has 3 heterocycles. The van der Waals surface area contributed by atoms with E-state index in [1.165, 1.54) is 18.0 Å². The molecule has 0 spiro atoms. The number of piperidine rings is 1. The summed E-state index contributed by atoms with van der Waals surface area (Å²) in [4.78, 5) is 21.8. The number of nitrogens with one attached hydrogen (secondary N) is 1. The highest BCUT2D eigenvalue weighted by Gasteiger charge is 2.21. The number of aromatic nitrogens is 3. The van der Waals surface area contributed by atoms with Crippen LogP contribution in [0.4, 0.5) is 5.95 Å². The standard InChI is InChI=1S/C21H28N6O/c1-4-18-17(14-26(3)19(18)5-2)11-23-10-15-6-8-27(9-7-15)21-24-12-16(13-25-21)20(22)28/h4-5,12-15,23H,1-2,6-11H2,3H3,(H2,22,28). The molecule has 7 nitrogen and oxygen atoms in total. The first kappa shape index (κ1) is 19.8. The van der Waals surface area contributed by atoms with E-state index >= 15 is 0 Å². The van der Waals surface area contributed by atoms with Crippen molar-refractivity contribution in [1.29, 1.82) is 0 Å². The molecule has 148 valence electrons. The molecule has 1 saturated heterocycles. The Hall–Kier alpha value is -2.93. The van der Waals surface area contributed by atoms with Gasteiger partial charge in [-0.3, -0.25) is 4.79 Å². The van der Waals surface area contributed by atoms with Gasteiger partial charge in [0.2, 0.25) is 5.95 Å². The van der Waals surface area contributed by atoms with Gasteiger partial charge in [0.05, 0.1) is 5.56 Å². The number of anilines is 1. The van der Waals surface area contributed by atoms with Gasteiger partial charge in [0.15, 0.2) is 0 Å². The van der Waals surface area contributed by atoms with Crippen LogP contribution in [0.25, 0.3) is 12.2 Å². The number of primary amides is 1. The fourth-order valence-electron chi connectivity index (χ4n) is 3.72. The first-order chi connectivity index (χ1) is 13.5. The number of carbonyl (C=O) groups excluding carboxylic acids is 1. The lowest BCUT2D eigenvalue weighted by atomic mass is 9.97. The van der Waals surface area contributed by atoms with Crippen molar-refractivity contribution in [2.24, 2.45) is 18.7 Å². The lowest BCUT2D eigenvalue weighted by Gasteiger charge is -2.32. The molecular weight excluding hydrogens is 352 g/mol. The number of nitrogens with zero attached hydrogens (tertiary/aromatic N) is 4. The summed E-state index contributed by atoms with van der Waals surface area (Å²) in [5, 5.41) is 3.59. The average molecular weight is 380 g/mol. The minimum absolute atomic E-state index is 0.335. The smallest absolute Gasteiger partial charge is 0.251 e. The Morgan fingerprint density at radius 3 is 2.54 bits per heavy atom. The fraction of sp³-hybridized carbons (Fsp3) is 0.381. The largest absolute Gasteiger partial charge is 0.366 e. The zero-order valence-electron chi connectivity index (χ0n) is 16.4. The number of aryl methyl sites for hydroxylation is 1. The van der Waals surface area contributed by atoms with Gasteiger partial charge in [-0.05, 0) is 36.9 Å². The van der Waals surface area contributed by atoms with Crippen LogP contribution in [0.1, 0.15) is 40.0 Å². The van der Waals surface area contributed by atoms with E-state index in [4.69, 9.17) is 5.73 Å². The van der Waals surface area contributed by atoms with E-state index in [-0.39, 0.29) is 0 Å². The minimum Gasteiger partial charge on any atom is -0.366 e. The SMILES string of the molecule is C=Cc1c(CNCC2CCN(c3ncc(C(N)=O)cn3)CC2)cn(C)c1C=C. The predicted octanol–water partition coefficient (Wildman–Crippen LogP) is 2.21. The molecule has 0 bridgehead atoms. The van der Waals surface area contributed by atoms with Crippen molar-refractivity contribution in [3.8, 4) is 0 Å². The molecule has 0 atom stereocenters. The second-order valence-corrected chi connectivity index (χ2v) is 7.17. The third kappa shape index (κ3) is 4.31. The monoisotopic (exact) mass is 380 g/mol. The molecule has 0 saturated carbocycles. The molecule has 2 aromatic heterocycles. The van der Waals surface area contributed by atoms with Gasteiger partial charge in [-0.15, -0.1) is 0 Å². The molecule has 2 aromatic rings. The van der Waals surface area contributed by atoms with Gasteiger partial charge in [0, 0.05) is 56.5 Å². The maximum absolute atomic E-state index is 11.1. The van der Waals surface area contributed by atoms with Crippen molar-refractivity contribution >= 4 is 24.0 Å². The van der Waals surface area contributed by atoms with Crippen molar-refractivity contribution < 1.29 is 4.79 Å². The highest BCUT2D eigenvalue weighted by molar-refractivity contribution is 5.92. The first-order valence-corrected chi connectivity index (χ1v) is 9.54. The molecule has 1 fully saturated rings. The molecule has 3 rings (SSSR count). The third-order valence-corrected chi connectivity index (χ3v) is 5.32. The van der Waals surface area contributed by atoms with E-state index in [1.807, 2.05) is 19.2 Å². The van der Waals surface area contributed by atoms with Crippen LogP contribution in [0.5, 0.6) is 0 Å². The summed E-state index contributed by atoms with van der Waals surface area (Å²) in [5.41, 5.74) is 9.06. The van der Waals surface area contributed by atoms with E-state index in [0.717, 1.165) is 50.3 Å². The third-order valence-electron chi connectivity index (χ3n) is 5.32. The highest BCUT2D eigenvalue weighted by Crippen LogP contribution is 2.22. The van der Waals surface area contributed by atoms with Gasteiger partial charge in [-0.2, -0.15) is 0 Å². The maximum atomic E-state index is 11.1. The van der Waals surface area contributed by atoms with Crippen molar-refractivity contribution in [3.05, 3.63) is 54.1 Å². The maximum Gasteiger partial charge on any atom is 0.251 e. The van der Waals surface area contributed by atoms with Gasteiger partial charge in [0.1, 0.15) is 0 Å². The van der Waals surface area contributed by atoms with Crippen LogP contribution in [-0.2, 0) is 13.6 Å². The average Bonchev–Trinajstić information content (AvgIpc) is 3.02. The Morgan fingerprint density at radius 2 is 1.96 bits per heavy atom.